The number of aryl methyl sites for hydroxylation is 1. The Labute approximate surface area is 118 Å². The zero-order valence-electron chi connectivity index (χ0n) is 11.4. The van der Waals surface area contributed by atoms with E-state index in [2.05, 4.69) is 5.32 Å². The second kappa shape index (κ2) is 5.25. The number of rotatable bonds is 3. The number of carbonyl (C=O) groups excluding carboxylic acids is 2. The summed E-state index contributed by atoms with van der Waals surface area (Å²) >= 11 is 0. The number of hydrogen-bond donors (Lipinski definition) is 2. The molecule has 1 saturated carbocycles. The minimum Gasteiger partial charge on any atom is -0.325 e. The lowest BCUT2D eigenvalue weighted by molar-refractivity contribution is -0.119. The van der Waals surface area contributed by atoms with Crippen molar-refractivity contribution in [2.45, 2.75) is 25.7 Å². The molecule has 106 valence electrons. The van der Waals surface area contributed by atoms with Crippen molar-refractivity contribution in [1.29, 1.82) is 0 Å². The maximum atomic E-state index is 12.3. The minimum absolute atomic E-state index is 0.0399. The number of nitrogens with zero attached hydrogens (tertiary/aromatic N) is 1. The summed E-state index contributed by atoms with van der Waals surface area (Å²) in [5.74, 6) is 0.220. The summed E-state index contributed by atoms with van der Waals surface area (Å²) in [7, 11) is 0. The van der Waals surface area contributed by atoms with Crippen LogP contribution in [0, 0.1) is 5.92 Å². The van der Waals surface area contributed by atoms with Gasteiger partial charge in [-0.15, -0.1) is 0 Å². The van der Waals surface area contributed by atoms with E-state index in [9.17, 15) is 9.59 Å². The molecule has 5 heteroatoms. The Morgan fingerprint density at radius 2 is 2.15 bits per heavy atom. The Kier molecular flexibility index (Phi) is 3.44. The fourth-order valence-electron chi connectivity index (χ4n) is 2.64. The van der Waals surface area contributed by atoms with Gasteiger partial charge in [-0.3, -0.25) is 9.59 Å². The van der Waals surface area contributed by atoms with E-state index in [1.54, 1.807) is 0 Å². The molecule has 0 radical (unpaired) electrons. The molecule has 1 aromatic rings. The molecule has 1 fully saturated rings. The van der Waals surface area contributed by atoms with E-state index in [-0.39, 0.29) is 24.3 Å². The van der Waals surface area contributed by atoms with Gasteiger partial charge in [0.05, 0.1) is 6.54 Å². The molecule has 1 aromatic carbocycles. The van der Waals surface area contributed by atoms with Gasteiger partial charge >= 0.3 is 0 Å². The zero-order valence-corrected chi connectivity index (χ0v) is 11.4. The first-order valence-corrected chi connectivity index (χ1v) is 7.13. The van der Waals surface area contributed by atoms with Gasteiger partial charge in [-0.1, -0.05) is 6.07 Å². The van der Waals surface area contributed by atoms with Gasteiger partial charge in [0.25, 0.3) is 0 Å². The summed E-state index contributed by atoms with van der Waals surface area (Å²) in [4.78, 5) is 25.6. The van der Waals surface area contributed by atoms with Crippen molar-refractivity contribution < 1.29 is 9.59 Å². The molecule has 0 bridgehead atoms. The SMILES string of the molecule is NCC(=O)Nc1ccc2c(c1)N(C(=O)C1CC1)CCC2. The summed E-state index contributed by atoms with van der Waals surface area (Å²) in [6, 6.07) is 5.76. The average molecular weight is 273 g/mol. The van der Waals surface area contributed by atoms with Crippen molar-refractivity contribution in [1.82, 2.24) is 0 Å². The maximum absolute atomic E-state index is 12.3. The molecule has 2 amide bonds. The number of amides is 2. The van der Waals surface area contributed by atoms with Crippen LogP contribution < -0.4 is 16.0 Å². The van der Waals surface area contributed by atoms with Crippen molar-refractivity contribution in [3.05, 3.63) is 23.8 Å². The third-order valence-corrected chi connectivity index (χ3v) is 3.87. The highest BCUT2D eigenvalue weighted by Gasteiger charge is 2.35. The van der Waals surface area contributed by atoms with Gasteiger partial charge in [0, 0.05) is 23.8 Å². The van der Waals surface area contributed by atoms with Gasteiger partial charge in [0.2, 0.25) is 11.8 Å². The normalized spacial score (nSPS) is 17.6. The topological polar surface area (TPSA) is 75.4 Å². The van der Waals surface area contributed by atoms with Crippen molar-refractivity contribution in [2.24, 2.45) is 11.7 Å². The molecular formula is C15H19N3O2. The van der Waals surface area contributed by atoms with Crippen molar-refractivity contribution >= 4 is 23.2 Å². The first-order valence-electron chi connectivity index (χ1n) is 7.13. The molecular weight excluding hydrogens is 254 g/mol. The van der Waals surface area contributed by atoms with E-state index in [4.69, 9.17) is 5.73 Å². The first kappa shape index (κ1) is 13.1. The van der Waals surface area contributed by atoms with Crippen LogP contribution >= 0.6 is 0 Å². The quantitative estimate of drug-likeness (QED) is 0.871. The minimum atomic E-state index is -0.221. The lowest BCUT2D eigenvalue weighted by atomic mass is 10.0. The number of nitrogens with one attached hydrogen (secondary N) is 1. The Bertz CT molecular complexity index is 552. The van der Waals surface area contributed by atoms with Gasteiger partial charge < -0.3 is 16.0 Å². The monoisotopic (exact) mass is 273 g/mol. The molecule has 0 aromatic heterocycles. The molecule has 0 atom stereocenters. The number of carbonyl (C=O) groups is 2. The number of hydrogen-bond acceptors (Lipinski definition) is 3. The second-order valence-corrected chi connectivity index (χ2v) is 5.46. The van der Waals surface area contributed by atoms with Crippen LogP contribution in [-0.2, 0) is 16.0 Å². The summed E-state index contributed by atoms with van der Waals surface area (Å²) < 4.78 is 0. The lowest BCUT2D eigenvalue weighted by Crippen LogP contribution is -2.36. The maximum Gasteiger partial charge on any atom is 0.238 e. The molecule has 0 spiro atoms. The zero-order chi connectivity index (χ0) is 14.1. The van der Waals surface area contributed by atoms with E-state index in [0.29, 0.717) is 5.69 Å². The van der Waals surface area contributed by atoms with Crippen LogP contribution in [0.4, 0.5) is 11.4 Å². The van der Waals surface area contributed by atoms with Crippen LogP contribution in [-0.4, -0.2) is 24.9 Å². The highest BCUT2D eigenvalue weighted by molar-refractivity contribution is 5.99. The van der Waals surface area contributed by atoms with Crippen LogP contribution in [0.1, 0.15) is 24.8 Å². The van der Waals surface area contributed by atoms with Crippen molar-refractivity contribution in [2.75, 3.05) is 23.3 Å². The van der Waals surface area contributed by atoms with Crippen molar-refractivity contribution in [3.8, 4) is 0 Å². The van der Waals surface area contributed by atoms with E-state index < -0.39 is 0 Å². The van der Waals surface area contributed by atoms with E-state index in [0.717, 1.165) is 37.9 Å². The number of anilines is 2. The molecule has 3 N–H and O–H groups in total. The molecule has 5 nitrogen and oxygen atoms in total. The largest absolute Gasteiger partial charge is 0.325 e. The summed E-state index contributed by atoms with van der Waals surface area (Å²) in [5.41, 5.74) is 8.13. The molecule has 3 rings (SSSR count). The standard InChI is InChI=1S/C15H19N3O2/c16-9-14(19)17-12-6-5-10-2-1-7-18(13(10)8-12)15(20)11-3-4-11/h5-6,8,11H,1-4,7,9,16H2,(H,17,19). The third-order valence-electron chi connectivity index (χ3n) is 3.87. The van der Waals surface area contributed by atoms with Gasteiger partial charge in [-0.2, -0.15) is 0 Å². The highest BCUT2D eigenvalue weighted by Crippen LogP contribution is 2.36. The summed E-state index contributed by atoms with van der Waals surface area (Å²) in [6.45, 7) is 0.735. The Hall–Kier alpha value is -1.88. The van der Waals surface area contributed by atoms with E-state index >= 15 is 0 Å². The fourth-order valence-corrected chi connectivity index (χ4v) is 2.64. The van der Waals surface area contributed by atoms with Gasteiger partial charge in [-0.25, -0.2) is 0 Å². The van der Waals surface area contributed by atoms with Crippen LogP contribution in [0.2, 0.25) is 0 Å². The number of nitrogens with two attached hydrogens (primary N) is 1. The third kappa shape index (κ3) is 2.54. The van der Waals surface area contributed by atoms with Crippen LogP contribution in [0.15, 0.2) is 18.2 Å². The summed E-state index contributed by atoms with van der Waals surface area (Å²) in [5, 5.41) is 2.74. The number of fused-ring (bicyclic) bond motifs is 1. The van der Waals surface area contributed by atoms with Crippen LogP contribution in [0.25, 0.3) is 0 Å². The first-order chi connectivity index (χ1) is 9.69. The summed E-state index contributed by atoms with van der Waals surface area (Å²) in [6.07, 6.45) is 4.00. The smallest absolute Gasteiger partial charge is 0.238 e. The Morgan fingerprint density at radius 3 is 2.85 bits per heavy atom. The Morgan fingerprint density at radius 1 is 1.35 bits per heavy atom. The van der Waals surface area contributed by atoms with E-state index in [1.165, 1.54) is 5.56 Å². The molecule has 1 aliphatic heterocycles. The molecule has 1 heterocycles. The van der Waals surface area contributed by atoms with Gasteiger partial charge in [0.1, 0.15) is 0 Å². The number of benzene rings is 1. The molecule has 0 unspecified atom stereocenters. The van der Waals surface area contributed by atoms with Crippen LogP contribution in [0.3, 0.4) is 0 Å². The highest BCUT2D eigenvalue weighted by atomic mass is 16.2. The van der Waals surface area contributed by atoms with Crippen molar-refractivity contribution in [3.63, 3.8) is 0 Å². The predicted octanol–water partition coefficient (Wildman–Crippen LogP) is 1.27. The second-order valence-electron chi connectivity index (χ2n) is 5.46. The van der Waals surface area contributed by atoms with E-state index in [1.807, 2.05) is 23.1 Å². The van der Waals surface area contributed by atoms with Gasteiger partial charge in [0.15, 0.2) is 0 Å². The molecule has 1 aliphatic carbocycles. The van der Waals surface area contributed by atoms with Gasteiger partial charge in [-0.05, 0) is 43.4 Å². The van der Waals surface area contributed by atoms with Crippen LogP contribution in [0.5, 0.6) is 0 Å². The Balaban J connectivity index is 1.87. The lowest BCUT2D eigenvalue weighted by Gasteiger charge is -2.30. The molecule has 0 saturated heterocycles. The predicted molar refractivity (Wildman–Crippen MR) is 77.5 cm³/mol. The fraction of sp³-hybridized carbons (Fsp3) is 0.467. The molecule has 20 heavy (non-hydrogen) atoms. The average Bonchev–Trinajstić information content (AvgIpc) is 3.30. The molecule has 2 aliphatic rings.